The number of nitrogens with zero attached hydrogens (tertiary/aromatic N) is 4. The first-order valence-corrected chi connectivity index (χ1v) is 22.9. The van der Waals surface area contributed by atoms with Crippen molar-refractivity contribution < 1.29 is 39.5 Å². The van der Waals surface area contributed by atoms with Crippen molar-refractivity contribution in [3.8, 4) is 5.82 Å². The van der Waals surface area contributed by atoms with Gasteiger partial charge in [0.25, 0.3) is 0 Å². The normalized spacial score (nSPS) is 14.9. The maximum atomic E-state index is 6.64. The number of hydrogen-bond donors (Lipinski definition) is 0. The molecule has 0 spiro atoms. The number of benzene rings is 5. The Kier molecular flexibility index (Phi) is 13.1. The molecule has 5 aromatic carbocycles. The van der Waals surface area contributed by atoms with Crippen molar-refractivity contribution in [3.63, 3.8) is 0 Å². The van der Waals surface area contributed by atoms with E-state index in [1.165, 1.54) is 16.5 Å². The number of para-hydroxylation sites is 3. The van der Waals surface area contributed by atoms with Gasteiger partial charge < -0.3 is 32.8 Å². The average molecular weight is 1060 g/mol. The maximum absolute atomic E-state index is 6.64. The van der Waals surface area contributed by atoms with Crippen LogP contribution in [0.2, 0.25) is 10.6 Å². The molecule has 0 amide bonds. The van der Waals surface area contributed by atoms with Crippen LogP contribution in [0.5, 0.6) is 0 Å². The summed E-state index contributed by atoms with van der Waals surface area (Å²) in [5.74, 6) is 0.886. The number of anilines is 4. The zero-order chi connectivity index (χ0) is 46.1. The van der Waals surface area contributed by atoms with Crippen LogP contribution in [0.25, 0.3) is 27.6 Å². The van der Waals surface area contributed by atoms with Crippen LogP contribution in [0.3, 0.4) is 0 Å². The minimum absolute atomic E-state index is 0. The molecule has 66 heavy (non-hydrogen) atoms. The molecule has 342 valence electrons. The van der Waals surface area contributed by atoms with E-state index in [1.54, 1.807) is 0 Å². The van der Waals surface area contributed by atoms with E-state index in [-0.39, 0.29) is 42.5 Å². The first kappa shape index (κ1) is 47.9. The molecule has 1 fully saturated rings. The molecule has 2 aliphatic rings. The second-order valence-corrected chi connectivity index (χ2v) is 21.8. The number of fused-ring (bicyclic) bond motifs is 4. The number of hydrogen-bond acceptors (Lipinski definition) is 7. The topological polar surface area (TPSA) is 61.2 Å². The van der Waals surface area contributed by atoms with Gasteiger partial charge in [-0.2, -0.15) is 42.5 Å². The van der Waals surface area contributed by atoms with Crippen LogP contribution in [-0.2, 0) is 63.6 Å². The molecular weight excluding hydrogens is 996 g/mol. The molecule has 2 aromatic heterocycles. The van der Waals surface area contributed by atoms with Gasteiger partial charge in [0.15, 0.2) is 0 Å². The Balaban J connectivity index is 0.00000592. The van der Waals surface area contributed by atoms with Crippen LogP contribution in [0.1, 0.15) is 105 Å². The molecule has 0 radical (unpaired) electrons. The Morgan fingerprint density at radius 2 is 1.24 bits per heavy atom. The van der Waals surface area contributed by atoms with Gasteiger partial charge in [-0.1, -0.05) is 125 Å². The van der Waals surface area contributed by atoms with Crippen molar-refractivity contribution in [2.75, 3.05) is 9.80 Å². The molecule has 12 heteroatoms. The van der Waals surface area contributed by atoms with Crippen LogP contribution < -0.4 is 15.3 Å². The van der Waals surface area contributed by atoms with E-state index < -0.39 is 21.4 Å². The van der Waals surface area contributed by atoms with Crippen LogP contribution in [0, 0.1) is 18.8 Å². The minimum Gasteiger partial charge on any atom is -0.493 e. The van der Waals surface area contributed by atoms with Crippen LogP contribution in [0.4, 0.5) is 22.7 Å². The van der Waals surface area contributed by atoms with E-state index in [2.05, 4.69) is 225 Å². The van der Waals surface area contributed by atoms with Crippen molar-refractivity contribution in [2.45, 2.75) is 118 Å². The molecule has 0 atom stereocenters. The summed E-state index contributed by atoms with van der Waals surface area (Å²) < 4.78 is 28.4. The molecule has 0 N–H and O–H groups in total. The SMILES string of the molecule is CC(C)(C)B1OB(c2cc(N3[CH-]N(c4[c-]c(COCc5[c-]c6c(cc5)c5ccccc5n6-c5cc(C(C)(C)C)ccn5)ccc4)c4ccccc43)cc(C(C)(C)C)c2)OB(C(C)(C)C)O1.[Pt]. The average Bonchev–Trinajstić information content (AvgIpc) is 3.81. The molecule has 4 heterocycles. The molecule has 1 saturated heterocycles. The monoisotopic (exact) mass is 1060 g/mol. The third-order valence-corrected chi connectivity index (χ3v) is 12.2. The molecule has 8 nitrogen and oxygen atoms in total. The van der Waals surface area contributed by atoms with E-state index in [1.807, 2.05) is 6.20 Å². The van der Waals surface area contributed by atoms with E-state index in [0.717, 1.165) is 61.6 Å². The number of rotatable bonds is 8. The van der Waals surface area contributed by atoms with Crippen molar-refractivity contribution >= 4 is 71.4 Å². The van der Waals surface area contributed by atoms with Crippen molar-refractivity contribution in [1.29, 1.82) is 0 Å². The van der Waals surface area contributed by atoms with E-state index in [4.69, 9.17) is 23.4 Å². The Hall–Kier alpha value is -4.63. The molecule has 9 rings (SSSR count). The number of aromatic nitrogens is 2. The summed E-state index contributed by atoms with van der Waals surface area (Å²) in [4.78, 5) is 9.31. The van der Waals surface area contributed by atoms with Crippen LogP contribution in [0.15, 0.2) is 115 Å². The fourth-order valence-corrected chi connectivity index (χ4v) is 8.52. The van der Waals surface area contributed by atoms with Gasteiger partial charge in [0.2, 0.25) is 0 Å². The van der Waals surface area contributed by atoms with Gasteiger partial charge in [-0.05, 0) is 85.9 Å². The predicted molar refractivity (Wildman–Crippen MR) is 270 cm³/mol. The summed E-state index contributed by atoms with van der Waals surface area (Å²) in [7, 11) is -1.49. The summed E-state index contributed by atoms with van der Waals surface area (Å²) in [6, 6.07) is 46.0. The van der Waals surface area contributed by atoms with Gasteiger partial charge in [0.1, 0.15) is 5.82 Å². The third-order valence-electron chi connectivity index (χ3n) is 12.2. The van der Waals surface area contributed by atoms with Crippen molar-refractivity contribution in [3.05, 3.63) is 156 Å². The number of ether oxygens (including phenoxy) is 1. The zero-order valence-electron chi connectivity index (χ0n) is 40.4. The van der Waals surface area contributed by atoms with Crippen molar-refractivity contribution in [2.24, 2.45) is 0 Å². The molecule has 0 aliphatic carbocycles. The summed E-state index contributed by atoms with van der Waals surface area (Å²) >= 11 is 0. The predicted octanol–water partition coefficient (Wildman–Crippen LogP) is 12.8. The Morgan fingerprint density at radius 1 is 0.606 bits per heavy atom. The van der Waals surface area contributed by atoms with E-state index >= 15 is 0 Å². The Morgan fingerprint density at radius 3 is 1.91 bits per heavy atom. The second-order valence-electron chi connectivity index (χ2n) is 21.8. The van der Waals surface area contributed by atoms with Gasteiger partial charge in [0.05, 0.1) is 0 Å². The van der Waals surface area contributed by atoms with Crippen LogP contribution >= 0.6 is 0 Å². The fourth-order valence-electron chi connectivity index (χ4n) is 8.52. The molecule has 0 saturated carbocycles. The standard InChI is InChI=1S/C54H60B3N4O4.Pt/c1-51(2,3)39-26-27-58-50(32-39)61-46-21-14-13-20-44(46)45-25-24-38(29-49(45)61)35-62-34-37-18-17-19-42(28-37)59-36-60(48-23-16-15-22-47(48)59)43-31-40(52(4,5)6)30-41(33-43)55-63-56(53(7,8)9)65-57(64-55)54(10,11)12;/h13-27,30-33,36H,34-35H2,1-12H3;/q-3;. The molecular formula is C54H60B3N4O4Pt-3. The first-order chi connectivity index (χ1) is 30.7. The van der Waals surface area contributed by atoms with Gasteiger partial charge in [-0.15, -0.1) is 28.9 Å². The summed E-state index contributed by atoms with van der Waals surface area (Å²) in [6.07, 6.45) is 1.91. The summed E-state index contributed by atoms with van der Waals surface area (Å²) in [5, 5.41) is 1.81. The number of pyridine rings is 1. The van der Waals surface area contributed by atoms with Gasteiger partial charge in [0, 0.05) is 63.1 Å². The minimum atomic E-state index is -0.607. The summed E-state index contributed by atoms with van der Waals surface area (Å²) in [6.45, 7) is 29.2. The zero-order valence-corrected chi connectivity index (χ0v) is 42.7. The van der Waals surface area contributed by atoms with Crippen LogP contribution in [-0.4, -0.2) is 30.9 Å². The largest absolute Gasteiger partial charge is 0.493 e. The molecule has 0 unspecified atom stereocenters. The molecule has 7 aromatic rings. The fraction of sp³-hybridized carbons (Fsp3) is 0.333. The van der Waals surface area contributed by atoms with Gasteiger partial charge >= 0.3 is 21.4 Å². The smallest absolute Gasteiger partial charge is 0.466 e. The first-order valence-electron chi connectivity index (χ1n) is 22.9. The van der Waals surface area contributed by atoms with Gasteiger partial charge in [-0.25, -0.2) is 4.98 Å². The Labute approximate surface area is 408 Å². The molecule has 0 bridgehead atoms. The quantitative estimate of drug-likeness (QED) is 0.111. The second kappa shape index (κ2) is 18.1. The maximum Gasteiger partial charge on any atom is 0.466 e. The van der Waals surface area contributed by atoms with Gasteiger partial charge in [-0.3, -0.25) is 0 Å². The van der Waals surface area contributed by atoms with E-state index in [0.29, 0.717) is 13.2 Å². The Bertz CT molecular complexity index is 2850. The third kappa shape index (κ3) is 9.71. The molecule has 2 aliphatic heterocycles. The summed E-state index contributed by atoms with van der Waals surface area (Å²) in [5.41, 5.74) is 11.3. The van der Waals surface area contributed by atoms with E-state index in [9.17, 15) is 0 Å². The van der Waals surface area contributed by atoms with Crippen molar-refractivity contribution in [1.82, 2.24) is 9.55 Å².